The van der Waals surface area contributed by atoms with Gasteiger partial charge in [0.2, 0.25) is 0 Å². The van der Waals surface area contributed by atoms with Crippen molar-refractivity contribution in [1.82, 2.24) is 4.98 Å². The van der Waals surface area contributed by atoms with E-state index >= 15 is 0 Å². The Kier molecular flexibility index (Phi) is 26.5. The second kappa shape index (κ2) is 27.6. The van der Waals surface area contributed by atoms with E-state index in [4.69, 9.17) is 15.0 Å². The van der Waals surface area contributed by atoms with Crippen LogP contribution >= 0.6 is 0 Å². The monoisotopic (exact) mass is 775 g/mol. The van der Waals surface area contributed by atoms with Crippen LogP contribution in [-0.2, 0) is 55.6 Å². The van der Waals surface area contributed by atoms with Crippen molar-refractivity contribution in [3.8, 4) is 0 Å². The van der Waals surface area contributed by atoms with E-state index in [1.807, 2.05) is 0 Å². The van der Waals surface area contributed by atoms with E-state index in [-0.39, 0.29) is 41.9 Å². The molecule has 0 saturated carbocycles. The summed E-state index contributed by atoms with van der Waals surface area (Å²) in [5.74, 6) is 0. The molecule has 0 N–H and O–H groups in total. The summed E-state index contributed by atoms with van der Waals surface area (Å²) in [6.07, 6.45) is 21.1. The molecule has 2 aromatic carbocycles. The number of aryl methyl sites for hydroxylation is 6. The number of pyridine rings is 1. The second-order valence-electron chi connectivity index (χ2n) is 13.9. The summed E-state index contributed by atoms with van der Waals surface area (Å²) in [6.45, 7) is 18.0. The molecule has 0 aliphatic carbocycles. The Morgan fingerprint density at radius 3 is 1.02 bits per heavy atom. The number of hydrogen-bond donors (Lipinski definition) is 0. The molecule has 0 atom stereocenters. The smallest absolute Gasteiger partial charge is 1.00 e. The predicted octanol–water partition coefficient (Wildman–Crippen LogP) is 7.42. The van der Waals surface area contributed by atoms with E-state index in [1.165, 1.54) is 122 Å². The maximum Gasteiger partial charge on any atom is 2.00 e. The molecule has 0 aliphatic heterocycles. The van der Waals surface area contributed by atoms with Gasteiger partial charge in [-0.3, -0.25) is 9.98 Å². The number of benzene rings is 2. The summed E-state index contributed by atoms with van der Waals surface area (Å²) in [7, 11) is 0. The van der Waals surface area contributed by atoms with Crippen molar-refractivity contribution in [2.45, 2.75) is 171 Å². The summed E-state index contributed by atoms with van der Waals surface area (Å²) < 4.78 is 0. The SMILES string of the molecule is CCCCc1cc(CCCC)c(N=C(C)c2cccc(C(C)=Nc3c(CCCC)cc(CCCC)cc3CCCC)n2)c(CCCC)c1.[Cl-].[Cl-].[Fe+2]. The third-order valence-electron chi connectivity index (χ3n) is 9.54. The quantitative estimate of drug-likeness (QED) is 0.0774. The molecule has 51 heavy (non-hydrogen) atoms. The van der Waals surface area contributed by atoms with Gasteiger partial charge in [-0.25, -0.2) is 4.98 Å². The summed E-state index contributed by atoms with van der Waals surface area (Å²) in [4.78, 5) is 16.0. The summed E-state index contributed by atoms with van der Waals surface area (Å²) >= 11 is 0. The third-order valence-corrected chi connectivity index (χ3v) is 9.54. The first kappa shape index (κ1) is 49.0. The molecule has 0 amide bonds. The van der Waals surface area contributed by atoms with E-state index in [2.05, 4.69) is 97.9 Å². The van der Waals surface area contributed by atoms with Crippen LogP contribution in [0.4, 0.5) is 11.4 Å². The Bertz CT molecular complexity index is 1320. The van der Waals surface area contributed by atoms with Gasteiger partial charge in [-0.05, 0) is 136 Å². The zero-order valence-corrected chi connectivity index (χ0v) is 35.8. The van der Waals surface area contributed by atoms with Crippen LogP contribution in [-0.4, -0.2) is 16.4 Å². The van der Waals surface area contributed by atoms with Crippen LogP contribution in [0.25, 0.3) is 0 Å². The molecule has 0 unspecified atom stereocenters. The van der Waals surface area contributed by atoms with Crippen LogP contribution in [0.2, 0.25) is 0 Å². The molecule has 1 heterocycles. The van der Waals surface area contributed by atoms with Crippen LogP contribution in [0.5, 0.6) is 0 Å². The van der Waals surface area contributed by atoms with Crippen molar-refractivity contribution in [2.75, 3.05) is 0 Å². The van der Waals surface area contributed by atoms with Crippen molar-refractivity contribution in [1.29, 1.82) is 0 Å². The number of aromatic nitrogens is 1. The molecule has 0 saturated heterocycles. The Morgan fingerprint density at radius 1 is 0.471 bits per heavy atom. The van der Waals surface area contributed by atoms with Gasteiger partial charge in [0.15, 0.2) is 0 Å². The first-order chi connectivity index (χ1) is 23.4. The predicted molar refractivity (Wildman–Crippen MR) is 213 cm³/mol. The molecule has 0 aliphatic rings. The van der Waals surface area contributed by atoms with Crippen molar-refractivity contribution < 1.29 is 41.9 Å². The van der Waals surface area contributed by atoms with Gasteiger partial charge in [0, 0.05) is 0 Å². The molecule has 0 spiro atoms. The first-order valence-corrected chi connectivity index (χ1v) is 19.8. The molecule has 284 valence electrons. The number of unbranched alkanes of at least 4 members (excludes halogenated alkanes) is 6. The van der Waals surface area contributed by atoms with Crippen molar-refractivity contribution in [2.24, 2.45) is 9.98 Å². The Balaban J connectivity index is 0.00000833. The fourth-order valence-electron chi connectivity index (χ4n) is 6.52. The van der Waals surface area contributed by atoms with Crippen molar-refractivity contribution >= 4 is 22.8 Å². The minimum Gasteiger partial charge on any atom is -1.00 e. The molecule has 3 aromatic rings. The molecule has 3 nitrogen and oxygen atoms in total. The number of aliphatic imine (C=N–C) groups is 2. The molecule has 0 radical (unpaired) electrons. The van der Waals surface area contributed by atoms with Gasteiger partial charge in [0.1, 0.15) is 0 Å². The number of rotatable bonds is 22. The van der Waals surface area contributed by atoms with Gasteiger partial charge < -0.3 is 24.8 Å². The molecular formula is C45H67Cl2FeN3. The number of hydrogen-bond acceptors (Lipinski definition) is 3. The van der Waals surface area contributed by atoms with Crippen molar-refractivity contribution in [3.63, 3.8) is 0 Å². The van der Waals surface area contributed by atoms with E-state index in [1.54, 1.807) is 0 Å². The first-order valence-electron chi connectivity index (χ1n) is 19.8. The Morgan fingerprint density at radius 2 is 0.745 bits per heavy atom. The Hall–Kier alpha value is -1.97. The van der Waals surface area contributed by atoms with Crippen LogP contribution < -0.4 is 24.8 Å². The van der Waals surface area contributed by atoms with E-state index in [0.717, 1.165) is 61.3 Å². The molecule has 0 fully saturated rings. The van der Waals surface area contributed by atoms with Crippen LogP contribution in [0.3, 0.4) is 0 Å². The van der Waals surface area contributed by atoms with Crippen LogP contribution in [0, 0.1) is 0 Å². The largest absolute Gasteiger partial charge is 2.00 e. The van der Waals surface area contributed by atoms with Gasteiger partial charge in [-0.1, -0.05) is 110 Å². The zero-order valence-electron chi connectivity index (χ0n) is 33.2. The number of nitrogens with zero attached hydrogens (tertiary/aromatic N) is 3. The minimum atomic E-state index is 0. The number of halogens is 2. The average molecular weight is 777 g/mol. The van der Waals surface area contributed by atoms with Crippen LogP contribution in [0.15, 0.2) is 52.4 Å². The van der Waals surface area contributed by atoms with Gasteiger partial charge >= 0.3 is 17.1 Å². The Labute approximate surface area is 336 Å². The molecule has 1 aromatic heterocycles. The summed E-state index contributed by atoms with van der Waals surface area (Å²) in [5, 5.41) is 0. The zero-order chi connectivity index (χ0) is 34.7. The topological polar surface area (TPSA) is 37.6 Å². The molecular weight excluding hydrogens is 709 g/mol. The van der Waals surface area contributed by atoms with E-state index in [0.29, 0.717) is 0 Å². The fraction of sp³-hybridized carbons (Fsp3) is 0.578. The third kappa shape index (κ3) is 15.9. The maximum atomic E-state index is 5.38. The molecule has 6 heteroatoms. The van der Waals surface area contributed by atoms with Gasteiger partial charge in [0.25, 0.3) is 0 Å². The van der Waals surface area contributed by atoms with Crippen molar-refractivity contribution in [3.05, 3.63) is 87.2 Å². The van der Waals surface area contributed by atoms with E-state index < -0.39 is 0 Å². The minimum absolute atomic E-state index is 0. The standard InChI is InChI=1S/C45H67N3.2ClH.Fe/c1-9-15-22-36-30-38(24-17-11-3)44(39(31-36)25-18-12-4)46-34(7)42-28-21-29-43(48-42)35(8)47-45-40(26-19-13-5)32-37(23-16-10-2)33-41(45)27-20-14-6;;;/h21,28-33H,9-20,22-27H2,1-8H3;2*1H;/q;;;+2/p-2. The van der Waals surface area contributed by atoms with Gasteiger partial charge in [0.05, 0.1) is 34.2 Å². The van der Waals surface area contributed by atoms with Gasteiger partial charge in [-0.15, -0.1) is 0 Å². The van der Waals surface area contributed by atoms with E-state index in [9.17, 15) is 0 Å². The second-order valence-corrected chi connectivity index (χ2v) is 13.9. The summed E-state index contributed by atoms with van der Waals surface area (Å²) in [5.41, 5.74) is 14.8. The average Bonchev–Trinajstić information content (AvgIpc) is 3.10. The molecule has 0 bridgehead atoms. The van der Waals surface area contributed by atoms with Gasteiger partial charge in [-0.2, -0.15) is 0 Å². The normalized spacial score (nSPS) is 11.5. The van der Waals surface area contributed by atoms with Crippen LogP contribution in [0.1, 0.15) is 177 Å². The summed E-state index contributed by atoms with van der Waals surface area (Å²) in [6, 6.07) is 16.2. The maximum absolute atomic E-state index is 5.38. The molecule has 3 rings (SSSR count). The fourth-order valence-corrected chi connectivity index (χ4v) is 6.52.